The summed E-state index contributed by atoms with van der Waals surface area (Å²) in [5.74, 6) is 0.775. The van der Waals surface area contributed by atoms with Crippen LogP contribution >= 0.6 is 11.8 Å². The van der Waals surface area contributed by atoms with Crippen molar-refractivity contribution >= 4 is 23.6 Å². The molecule has 2 aliphatic heterocycles. The predicted octanol–water partition coefficient (Wildman–Crippen LogP) is 1.69. The third-order valence-electron chi connectivity index (χ3n) is 4.97. The highest BCUT2D eigenvalue weighted by molar-refractivity contribution is 8.01. The van der Waals surface area contributed by atoms with Crippen LogP contribution < -0.4 is 5.32 Å². The summed E-state index contributed by atoms with van der Waals surface area (Å²) >= 11 is 1.80. The number of piperidine rings is 1. The first-order valence-corrected chi connectivity index (χ1v) is 10.4. The summed E-state index contributed by atoms with van der Waals surface area (Å²) in [6.07, 6.45) is 3.33. The molecule has 0 aromatic carbocycles. The Kier molecular flexibility index (Phi) is 7.58. The maximum Gasteiger partial charge on any atom is 0.243 e. The van der Waals surface area contributed by atoms with Gasteiger partial charge in [-0.1, -0.05) is 6.92 Å². The Hall–Kier alpha value is -0.790. The number of nitrogens with zero attached hydrogens (tertiary/aromatic N) is 2. The van der Waals surface area contributed by atoms with Crippen molar-refractivity contribution in [2.45, 2.75) is 63.5 Å². The molecule has 2 saturated heterocycles. The highest BCUT2D eigenvalue weighted by Crippen LogP contribution is 2.46. The maximum absolute atomic E-state index is 12.7. The largest absolute Gasteiger partial charge is 0.379 e. The SMILES string of the molecule is CCC(=O)N1C(C(=O)NCCCOC(C)C)CSC12CCN(C)CC2. The zero-order valence-corrected chi connectivity index (χ0v) is 16.9. The zero-order valence-electron chi connectivity index (χ0n) is 16.0. The molecule has 0 aromatic rings. The standard InChI is InChI=1S/C18H33N3O3S/c1-5-16(22)21-15(17(23)19-9-6-12-24-14(2)3)13-25-18(21)7-10-20(4)11-8-18/h14-15H,5-13H2,1-4H3,(H,19,23). The molecule has 1 N–H and O–H groups in total. The molecule has 1 unspecified atom stereocenters. The van der Waals surface area contributed by atoms with Crippen molar-refractivity contribution in [2.24, 2.45) is 0 Å². The van der Waals surface area contributed by atoms with Crippen LogP contribution in [-0.4, -0.2) is 77.7 Å². The van der Waals surface area contributed by atoms with Crippen molar-refractivity contribution in [1.29, 1.82) is 0 Å². The van der Waals surface area contributed by atoms with Gasteiger partial charge in [-0.3, -0.25) is 9.59 Å². The highest BCUT2D eigenvalue weighted by Gasteiger charge is 2.52. The van der Waals surface area contributed by atoms with E-state index in [0.29, 0.717) is 25.3 Å². The monoisotopic (exact) mass is 371 g/mol. The lowest BCUT2D eigenvalue weighted by Gasteiger charge is -2.44. The normalized spacial score (nSPS) is 23.4. The second kappa shape index (κ2) is 9.24. The number of nitrogens with one attached hydrogen (secondary N) is 1. The number of rotatable bonds is 7. The van der Waals surface area contributed by atoms with Crippen molar-refractivity contribution in [2.75, 3.05) is 39.0 Å². The number of carbonyl (C=O) groups excluding carboxylic acids is 2. The quantitative estimate of drug-likeness (QED) is 0.690. The fourth-order valence-electron chi connectivity index (χ4n) is 3.50. The van der Waals surface area contributed by atoms with Crippen LogP contribution in [0.1, 0.15) is 46.5 Å². The first-order valence-electron chi connectivity index (χ1n) is 9.43. The van der Waals surface area contributed by atoms with E-state index in [-0.39, 0.29) is 28.8 Å². The van der Waals surface area contributed by atoms with E-state index in [9.17, 15) is 9.59 Å². The fourth-order valence-corrected chi connectivity index (χ4v) is 5.11. The molecule has 6 nitrogen and oxygen atoms in total. The Morgan fingerprint density at radius 2 is 2.00 bits per heavy atom. The molecule has 2 amide bonds. The lowest BCUT2D eigenvalue weighted by atomic mass is 10.00. The molecule has 144 valence electrons. The van der Waals surface area contributed by atoms with E-state index >= 15 is 0 Å². The van der Waals surface area contributed by atoms with E-state index in [1.54, 1.807) is 11.8 Å². The van der Waals surface area contributed by atoms with Crippen molar-refractivity contribution in [3.05, 3.63) is 0 Å². The second-order valence-corrected chi connectivity index (χ2v) is 8.64. The molecule has 2 rings (SSSR count). The average Bonchev–Trinajstić information content (AvgIpc) is 2.95. The summed E-state index contributed by atoms with van der Waals surface area (Å²) in [6, 6.07) is -0.341. The van der Waals surface area contributed by atoms with Crippen LogP contribution in [-0.2, 0) is 14.3 Å². The first kappa shape index (κ1) is 20.5. The summed E-state index contributed by atoms with van der Waals surface area (Å²) in [7, 11) is 2.11. The summed E-state index contributed by atoms with van der Waals surface area (Å²) < 4.78 is 5.50. The second-order valence-electron chi connectivity index (χ2n) is 7.26. The third-order valence-corrected chi connectivity index (χ3v) is 6.60. The number of hydrogen-bond donors (Lipinski definition) is 1. The van der Waals surface area contributed by atoms with E-state index in [4.69, 9.17) is 4.74 Å². The summed E-state index contributed by atoms with van der Waals surface area (Å²) in [6.45, 7) is 9.07. The molecule has 0 saturated carbocycles. The molecule has 7 heteroatoms. The third kappa shape index (κ3) is 5.11. The van der Waals surface area contributed by atoms with Crippen molar-refractivity contribution in [3.63, 3.8) is 0 Å². The molecule has 2 heterocycles. The number of hydrogen-bond acceptors (Lipinski definition) is 5. The van der Waals surface area contributed by atoms with Crippen LogP contribution in [0.25, 0.3) is 0 Å². The van der Waals surface area contributed by atoms with E-state index in [1.165, 1.54) is 0 Å². The van der Waals surface area contributed by atoms with E-state index in [2.05, 4.69) is 17.3 Å². The van der Waals surface area contributed by atoms with Crippen LogP contribution in [0.5, 0.6) is 0 Å². The number of carbonyl (C=O) groups is 2. The Morgan fingerprint density at radius 3 is 2.60 bits per heavy atom. The lowest BCUT2D eigenvalue weighted by molar-refractivity contribution is -0.143. The van der Waals surface area contributed by atoms with Gasteiger partial charge in [0.1, 0.15) is 6.04 Å². The van der Waals surface area contributed by atoms with Crippen LogP contribution in [0.15, 0.2) is 0 Å². The van der Waals surface area contributed by atoms with Gasteiger partial charge in [0, 0.05) is 38.4 Å². The highest BCUT2D eigenvalue weighted by atomic mass is 32.2. The summed E-state index contributed by atoms with van der Waals surface area (Å²) in [5.41, 5.74) is 0. The molecule has 0 radical (unpaired) electrons. The Morgan fingerprint density at radius 1 is 1.32 bits per heavy atom. The molecule has 2 fully saturated rings. The van der Waals surface area contributed by atoms with Crippen molar-refractivity contribution in [1.82, 2.24) is 15.1 Å². The van der Waals surface area contributed by atoms with Gasteiger partial charge in [0.15, 0.2) is 0 Å². The number of amides is 2. The molecule has 0 bridgehead atoms. The number of thioether (sulfide) groups is 1. The van der Waals surface area contributed by atoms with Gasteiger partial charge in [0.05, 0.1) is 11.0 Å². The molecular formula is C18H33N3O3S. The summed E-state index contributed by atoms with van der Waals surface area (Å²) in [5, 5.41) is 3.00. The molecular weight excluding hydrogens is 338 g/mol. The molecule has 0 aliphatic carbocycles. The smallest absolute Gasteiger partial charge is 0.243 e. The number of likely N-dealkylation sites (tertiary alicyclic amines) is 1. The van der Waals surface area contributed by atoms with E-state index < -0.39 is 0 Å². The van der Waals surface area contributed by atoms with Gasteiger partial charge in [0.25, 0.3) is 0 Å². The molecule has 1 spiro atoms. The van der Waals surface area contributed by atoms with Gasteiger partial charge in [-0.05, 0) is 40.2 Å². The van der Waals surface area contributed by atoms with Crippen LogP contribution in [0.3, 0.4) is 0 Å². The molecule has 2 aliphatic rings. The zero-order chi connectivity index (χ0) is 18.4. The van der Waals surface area contributed by atoms with Gasteiger partial charge in [-0.15, -0.1) is 11.8 Å². The summed E-state index contributed by atoms with van der Waals surface area (Å²) in [4.78, 5) is 29.3. The Balaban J connectivity index is 1.94. The van der Waals surface area contributed by atoms with E-state index in [1.807, 2.05) is 25.7 Å². The minimum atomic E-state index is -0.341. The lowest BCUT2D eigenvalue weighted by Crippen LogP contribution is -2.57. The molecule has 1 atom stereocenters. The van der Waals surface area contributed by atoms with Crippen LogP contribution in [0.4, 0.5) is 0 Å². The Bertz CT molecular complexity index is 464. The van der Waals surface area contributed by atoms with Crippen LogP contribution in [0.2, 0.25) is 0 Å². The van der Waals surface area contributed by atoms with Gasteiger partial charge in [0.2, 0.25) is 11.8 Å². The van der Waals surface area contributed by atoms with E-state index in [0.717, 1.165) is 32.4 Å². The van der Waals surface area contributed by atoms with Gasteiger partial charge >= 0.3 is 0 Å². The van der Waals surface area contributed by atoms with Gasteiger partial charge in [-0.2, -0.15) is 0 Å². The van der Waals surface area contributed by atoms with Crippen LogP contribution in [0, 0.1) is 0 Å². The fraction of sp³-hybridized carbons (Fsp3) is 0.889. The van der Waals surface area contributed by atoms with Crippen molar-refractivity contribution in [3.8, 4) is 0 Å². The number of ether oxygens (including phenoxy) is 1. The van der Waals surface area contributed by atoms with Gasteiger partial charge < -0.3 is 19.9 Å². The predicted molar refractivity (Wildman–Crippen MR) is 102 cm³/mol. The minimum Gasteiger partial charge on any atom is -0.379 e. The Labute approximate surface area is 156 Å². The molecule has 0 aromatic heterocycles. The van der Waals surface area contributed by atoms with Gasteiger partial charge in [-0.25, -0.2) is 0 Å². The minimum absolute atomic E-state index is 0.0188. The maximum atomic E-state index is 12.7. The molecule has 25 heavy (non-hydrogen) atoms. The average molecular weight is 372 g/mol. The van der Waals surface area contributed by atoms with Crippen molar-refractivity contribution < 1.29 is 14.3 Å². The topological polar surface area (TPSA) is 61.9 Å². The first-order chi connectivity index (χ1) is 11.9.